The number of nitrogens with zero attached hydrogens (tertiary/aromatic N) is 1. The SMILES string of the molecule is CNCCc1ccc(S(=O)(=O)N2CCOCC2)cc1. The van der Waals surface area contributed by atoms with Crippen LogP contribution in [0.15, 0.2) is 29.2 Å². The molecule has 1 fully saturated rings. The van der Waals surface area contributed by atoms with Crippen molar-refractivity contribution in [1.82, 2.24) is 9.62 Å². The van der Waals surface area contributed by atoms with Crippen LogP contribution in [0.1, 0.15) is 5.56 Å². The summed E-state index contributed by atoms with van der Waals surface area (Å²) in [4.78, 5) is 0.364. The standard InChI is InChI=1S/C13H20N2O3S/c1-14-7-6-12-2-4-13(5-3-12)19(16,17)15-8-10-18-11-9-15/h2-5,14H,6-11H2,1H3. The third-order valence-corrected chi connectivity index (χ3v) is 5.11. The fraction of sp³-hybridized carbons (Fsp3) is 0.538. The molecular formula is C13H20N2O3S. The van der Waals surface area contributed by atoms with E-state index in [9.17, 15) is 8.42 Å². The lowest BCUT2D eigenvalue weighted by Gasteiger charge is -2.26. The van der Waals surface area contributed by atoms with Crippen molar-refractivity contribution in [3.8, 4) is 0 Å². The highest BCUT2D eigenvalue weighted by atomic mass is 32.2. The van der Waals surface area contributed by atoms with Gasteiger partial charge in [0.15, 0.2) is 0 Å². The average molecular weight is 284 g/mol. The maximum Gasteiger partial charge on any atom is 0.243 e. The minimum atomic E-state index is -3.36. The Morgan fingerprint density at radius 2 is 1.84 bits per heavy atom. The molecule has 5 nitrogen and oxygen atoms in total. The molecule has 1 aliphatic heterocycles. The van der Waals surface area contributed by atoms with Gasteiger partial charge in [-0.15, -0.1) is 0 Å². The number of sulfonamides is 1. The monoisotopic (exact) mass is 284 g/mol. The van der Waals surface area contributed by atoms with Crippen molar-refractivity contribution in [2.24, 2.45) is 0 Å². The molecule has 1 aromatic rings. The maximum absolute atomic E-state index is 12.4. The normalized spacial score (nSPS) is 17.5. The van der Waals surface area contributed by atoms with Gasteiger partial charge in [0.2, 0.25) is 10.0 Å². The molecular weight excluding hydrogens is 264 g/mol. The van der Waals surface area contributed by atoms with Crippen molar-refractivity contribution in [2.75, 3.05) is 39.9 Å². The van der Waals surface area contributed by atoms with E-state index in [-0.39, 0.29) is 0 Å². The first-order chi connectivity index (χ1) is 9.14. The van der Waals surface area contributed by atoms with Crippen LogP contribution in [0.25, 0.3) is 0 Å². The number of benzene rings is 1. The summed E-state index contributed by atoms with van der Waals surface area (Å²) in [5.41, 5.74) is 1.13. The van der Waals surface area contributed by atoms with E-state index >= 15 is 0 Å². The molecule has 1 N–H and O–H groups in total. The molecule has 0 unspecified atom stereocenters. The Morgan fingerprint density at radius 1 is 1.21 bits per heavy atom. The molecule has 1 aromatic carbocycles. The maximum atomic E-state index is 12.4. The molecule has 0 spiro atoms. The second-order valence-corrected chi connectivity index (χ2v) is 6.45. The first kappa shape index (κ1) is 14.5. The first-order valence-corrected chi connectivity index (χ1v) is 7.90. The van der Waals surface area contributed by atoms with Gasteiger partial charge in [-0.1, -0.05) is 12.1 Å². The molecule has 106 valence electrons. The van der Waals surface area contributed by atoms with E-state index in [0.29, 0.717) is 31.2 Å². The molecule has 0 amide bonds. The third kappa shape index (κ3) is 3.54. The molecule has 0 radical (unpaired) electrons. The number of hydrogen-bond donors (Lipinski definition) is 1. The van der Waals surface area contributed by atoms with Gasteiger partial charge >= 0.3 is 0 Å². The molecule has 2 rings (SSSR count). The Balaban J connectivity index is 2.11. The zero-order chi connectivity index (χ0) is 13.7. The van der Waals surface area contributed by atoms with Gasteiger partial charge in [0, 0.05) is 13.1 Å². The van der Waals surface area contributed by atoms with E-state index in [2.05, 4.69) is 5.32 Å². The fourth-order valence-corrected chi connectivity index (χ4v) is 3.44. The van der Waals surface area contributed by atoms with Crippen molar-refractivity contribution >= 4 is 10.0 Å². The van der Waals surface area contributed by atoms with Crippen LogP contribution in [0, 0.1) is 0 Å². The predicted octanol–water partition coefficient (Wildman–Crippen LogP) is 0.469. The summed E-state index contributed by atoms with van der Waals surface area (Å²) in [5, 5.41) is 3.07. The summed E-state index contributed by atoms with van der Waals surface area (Å²) in [6, 6.07) is 7.14. The summed E-state index contributed by atoms with van der Waals surface area (Å²) in [7, 11) is -1.46. The Kier molecular flexibility index (Phi) is 4.93. The lowest BCUT2D eigenvalue weighted by molar-refractivity contribution is 0.0730. The molecule has 0 bridgehead atoms. The van der Waals surface area contributed by atoms with E-state index in [1.165, 1.54) is 4.31 Å². The molecule has 1 heterocycles. The van der Waals surface area contributed by atoms with Crippen LogP contribution in [0.3, 0.4) is 0 Å². The van der Waals surface area contributed by atoms with Crippen LogP contribution >= 0.6 is 0 Å². The molecule has 19 heavy (non-hydrogen) atoms. The summed E-state index contributed by atoms with van der Waals surface area (Å²) >= 11 is 0. The third-order valence-electron chi connectivity index (χ3n) is 3.19. The van der Waals surface area contributed by atoms with E-state index in [4.69, 9.17) is 4.74 Å². The second kappa shape index (κ2) is 6.47. The predicted molar refractivity (Wildman–Crippen MR) is 73.7 cm³/mol. The zero-order valence-corrected chi connectivity index (χ0v) is 11.9. The summed E-state index contributed by atoms with van der Waals surface area (Å²) in [6.07, 6.45) is 0.897. The second-order valence-electron chi connectivity index (χ2n) is 4.51. The Morgan fingerprint density at radius 3 is 2.42 bits per heavy atom. The van der Waals surface area contributed by atoms with Crippen LogP contribution in [0.4, 0.5) is 0 Å². The minimum absolute atomic E-state index is 0.364. The van der Waals surface area contributed by atoms with Crippen LogP contribution in [-0.2, 0) is 21.2 Å². The van der Waals surface area contributed by atoms with Gasteiger partial charge in [-0.3, -0.25) is 0 Å². The molecule has 6 heteroatoms. The summed E-state index contributed by atoms with van der Waals surface area (Å²) in [6.45, 7) is 2.70. The van der Waals surface area contributed by atoms with Gasteiger partial charge in [0.25, 0.3) is 0 Å². The van der Waals surface area contributed by atoms with Crippen LogP contribution in [-0.4, -0.2) is 52.6 Å². The summed E-state index contributed by atoms with van der Waals surface area (Å²) < 4.78 is 31.4. The number of morpholine rings is 1. The van der Waals surface area contributed by atoms with Gasteiger partial charge in [-0.25, -0.2) is 8.42 Å². The highest BCUT2D eigenvalue weighted by Gasteiger charge is 2.25. The smallest absolute Gasteiger partial charge is 0.243 e. The Bertz CT molecular complexity index is 493. The van der Waals surface area contributed by atoms with Gasteiger partial charge in [0.1, 0.15) is 0 Å². The lowest BCUT2D eigenvalue weighted by Crippen LogP contribution is -2.40. The van der Waals surface area contributed by atoms with Gasteiger partial charge in [-0.2, -0.15) is 4.31 Å². The molecule has 1 aliphatic rings. The topological polar surface area (TPSA) is 58.6 Å². The number of rotatable bonds is 5. The number of nitrogens with one attached hydrogen (secondary N) is 1. The molecule has 1 saturated heterocycles. The van der Waals surface area contributed by atoms with E-state index in [1.807, 2.05) is 19.2 Å². The Hall–Kier alpha value is -0.950. The van der Waals surface area contributed by atoms with E-state index in [1.54, 1.807) is 12.1 Å². The van der Waals surface area contributed by atoms with Crippen molar-refractivity contribution < 1.29 is 13.2 Å². The van der Waals surface area contributed by atoms with Gasteiger partial charge in [-0.05, 0) is 37.7 Å². The largest absolute Gasteiger partial charge is 0.379 e. The molecule has 0 atom stereocenters. The highest BCUT2D eigenvalue weighted by Crippen LogP contribution is 2.17. The number of hydrogen-bond acceptors (Lipinski definition) is 4. The molecule has 0 aromatic heterocycles. The van der Waals surface area contributed by atoms with Crippen LogP contribution in [0.5, 0.6) is 0 Å². The van der Waals surface area contributed by atoms with Crippen molar-refractivity contribution in [2.45, 2.75) is 11.3 Å². The summed E-state index contributed by atoms with van der Waals surface area (Å²) in [5.74, 6) is 0. The van der Waals surface area contributed by atoms with Crippen molar-refractivity contribution in [3.05, 3.63) is 29.8 Å². The van der Waals surface area contributed by atoms with Gasteiger partial charge < -0.3 is 10.1 Å². The molecule has 0 saturated carbocycles. The average Bonchev–Trinajstić information content (AvgIpc) is 2.46. The quantitative estimate of drug-likeness (QED) is 0.854. The van der Waals surface area contributed by atoms with Crippen LogP contribution in [0.2, 0.25) is 0 Å². The number of ether oxygens (including phenoxy) is 1. The zero-order valence-electron chi connectivity index (χ0n) is 11.1. The highest BCUT2D eigenvalue weighted by molar-refractivity contribution is 7.89. The minimum Gasteiger partial charge on any atom is -0.379 e. The van der Waals surface area contributed by atoms with Crippen LogP contribution < -0.4 is 5.32 Å². The van der Waals surface area contributed by atoms with E-state index < -0.39 is 10.0 Å². The Labute approximate surface area is 114 Å². The fourth-order valence-electron chi connectivity index (χ4n) is 2.03. The van der Waals surface area contributed by atoms with E-state index in [0.717, 1.165) is 18.5 Å². The lowest BCUT2D eigenvalue weighted by atomic mass is 10.1. The van der Waals surface area contributed by atoms with Gasteiger partial charge in [0.05, 0.1) is 18.1 Å². The first-order valence-electron chi connectivity index (χ1n) is 6.46. The van der Waals surface area contributed by atoms with Crippen molar-refractivity contribution in [1.29, 1.82) is 0 Å². The molecule has 0 aliphatic carbocycles. The van der Waals surface area contributed by atoms with Crippen molar-refractivity contribution in [3.63, 3.8) is 0 Å². The number of likely N-dealkylation sites (N-methyl/N-ethyl adjacent to an activating group) is 1.